The number of hydrogen-bond acceptors (Lipinski definition) is 0. The second-order valence-corrected chi connectivity index (χ2v) is 12.6. The van der Waals surface area contributed by atoms with Gasteiger partial charge in [-0.2, -0.15) is 0 Å². The van der Waals surface area contributed by atoms with Gasteiger partial charge in [0, 0.05) is 0 Å². The van der Waals surface area contributed by atoms with E-state index in [1.807, 2.05) is 5.57 Å². The third-order valence-corrected chi connectivity index (χ3v) is 11.6. The number of allylic oxidation sites excluding steroid dienone is 2. The van der Waals surface area contributed by atoms with Gasteiger partial charge >= 0.3 is 0 Å². The highest BCUT2D eigenvalue weighted by Crippen LogP contribution is 2.87. The summed E-state index contributed by atoms with van der Waals surface area (Å²) in [5, 5.41) is 0. The predicted octanol–water partition coefficient (Wildman–Crippen LogP) is 7.21. The second-order valence-electron chi connectivity index (χ2n) is 12.6. The molecule has 5 fully saturated rings. The van der Waals surface area contributed by atoms with Gasteiger partial charge in [0.05, 0.1) is 0 Å². The van der Waals surface area contributed by atoms with Crippen molar-refractivity contribution in [3.05, 3.63) is 11.1 Å². The molecule has 27 heavy (non-hydrogen) atoms. The summed E-state index contributed by atoms with van der Waals surface area (Å²) >= 11 is 0. The summed E-state index contributed by atoms with van der Waals surface area (Å²) in [6.07, 6.45) is 9.24. The van der Waals surface area contributed by atoms with Crippen LogP contribution in [-0.4, -0.2) is 0 Å². The summed E-state index contributed by atoms with van der Waals surface area (Å²) in [6, 6.07) is 0. The van der Waals surface area contributed by atoms with E-state index in [1.54, 1.807) is 25.7 Å². The van der Waals surface area contributed by atoms with E-state index < -0.39 is 0 Å². The molecular weight excluding hydrogens is 324 g/mol. The largest absolute Gasteiger partial charge is 0.0658 e. The Morgan fingerprint density at radius 1 is 0.889 bits per heavy atom. The molecule has 0 aromatic carbocycles. The minimum Gasteiger partial charge on any atom is -0.0658 e. The van der Waals surface area contributed by atoms with Crippen LogP contribution in [0.4, 0.5) is 0 Å². The van der Waals surface area contributed by atoms with E-state index in [0.717, 1.165) is 76.4 Å². The minimum atomic E-state index is 0.776. The average Bonchev–Trinajstić information content (AvgIpc) is 3.44. The lowest BCUT2D eigenvalue weighted by atomic mass is 9.54. The highest BCUT2D eigenvalue weighted by molar-refractivity contribution is 5.52. The molecule has 0 heteroatoms. The summed E-state index contributed by atoms with van der Waals surface area (Å²) in [5.74, 6) is 12.0. The van der Waals surface area contributed by atoms with E-state index in [9.17, 15) is 0 Å². The van der Waals surface area contributed by atoms with Crippen molar-refractivity contribution in [2.75, 3.05) is 0 Å². The third-order valence-electron chi connectivity index (χ3n) is 11.6. The molecular formula is C27H42. The Morgan fingerprint density at radius 3 is 2.37 bits per heavy atom. The molecule has 150 valence electrons. The Balaban J connectivity index is 1.34. The summed E-state index contributed by atoms with van der Waals surface area (Å²) in [5.41, 5.74) is 4.84. The van der Waals surface area contributed by atoms with E-state index in [1.165, 1.54) is 12.8 Å². The zero-order valence-corrected chi connectivity index (χ0v) is 18.7. The Bertz CT molecular complexity index is 684. The molecule has 0 amide bonds. The fourth-order valence-electron chi connectivity index (χ4n) is 10.5. The number of fused-ring (bicyclic) bond motifs is 4. The van der Waals surface area contributed by atoms with Crippen LogP contribution in [0.25, 0.3) is 0 Å². The van der Waals surface area contributed by atoms with Crippen LogP contribution in [0.5, 0.6) is 0 Å². The average molecular weight is 367 g/mol. The van der Waals surface area contributed by atoms with Gasteiger partial charge in [-0.15, -0.1) is 0 Å². The van der Waals surface area contributed by atoms with Crippen LogP contribution in [0.15, 0.2) is 11.1 Å². The highest BCUT2D eigenvalue weighted by atomic mass is 14.8. The maximum absolute atomic E-state index is 2.64. The zero-order chi connectivity index (χ0) is 18.8. The summed E-state index contributed by atoms with van der Waals surface area (Å²) < 4.78 is 0. The molecule has 1 spiro atoms. The minimum absolute atomic E-state index is 0.776. The van der Waals surface area contributed by atoms with Crippen molar-refractivity contribution in [3.63, 3.8) is 0 Å². The molecule has 0 radical (unpaired) electrons. The molecule has 7 rings (SSSR count). The topological polar surface area (TPSA) is 0 Å². The van der Waals surface area contributed by atoms with Crippen LogP contribution in [0, 0.1) is 76.4 Å². The highest BCUT2D eigenvalue weighted by Gasteiger charge is 2.81. The second kappa shape index (κ2) is 5.46. The zero-order valence-electron chi connectivity index (χ0n) is 18.7. The van der Waals surface area contributed by atoms with Crippen molar-refractivity contribution in [2.24, 2.45) is 76.4 Å². The van der Waals surface area contributed by atoms with Crippen LogP contribution < -0.4 is 0 Å². The van der Waals surface area contributed by atoms with E-state index in [0.29, 0.717) is 0 Å². The first-order valence-electron chi connectivity index (χ1n) is 12.6. The molecule has 0 saturated heterocycles. The summed E-state index contributed by atoms with van der Waals surface area (Å²) in [7, 11) is 0. The van der Waals surface area contributed by atoms with Crippen LogP contribution in [0.1, 0.15) is 80.1 Å². The standard InChI is InChI=1S/C27H42/c1-13(2)23-14(3)7-8-18-9-10-27-24(17(6)25(27)26(18)27)22-12-21(22)20-11-19(15(20)4)16(23)5/h13-21,23,25-26H,7-12H2,1-6H3/b24-22-. The van der Waals surface area contributed by atoms with Crippen molar-refractivity contribution in [1.82, 2.24) is 0 Å². The maximum Gasteiger partial charge on any atom is -0.00115 e. The van der Waals surface area contributed by atoms with E-state index in [2.05, 4.69) is 47.1 Å². The molecule has 0 aromatic heterocycles. The molecule has 0 nitrogen and oxygen atoms in total. The van der Waals surface area contributed by atoms with Crippen molar-refractivity contribution in [1.29, 1.82) is 0 Å². The number of rotatable bonds is 1. The van der Waals surface area contributed by atoms with Gasteiger partial charge in [-0.05, 0) is 109 Å². The van der Waals surface area contributed by atoms with Crippen LogP contribution >= 0.6 is 0 Å². The number of hydrogen-bond donors (Lipinski definition) is 0. The van der Waals surface area contributed by atoms with Crippen LogP contribution in [0.3, 0.4) is 0 Å². The Kier molecular flexibility index (Phi) is 3.55. The fourth-order valence-corrected chi connectivity index (χ4v) is 10.5. The molecule has 5 saturated carbocycles. The Morgan fingerprint density at radius 2 is 1.67 bits per heavy atom. The SMILES string of the molecule is CC(C)C1C(C)CCC2CCC34/C(=C5/CC5C5CC(C5C)C1C)C(C)C3C24. The molecule has 7 aliphatic carbocycles. The molecule has 12 unspecified atom stereocenters. The normalized spacial score (nSPS) is 63.4. The van der Waals surface area contributed by atoms with E-state index in [4.69, 9.17) is 0 Å². The van der Waals surface area contributed by atoms with E-state index in [-0.39, 0.29) is 0 Å². The Hall–Kier alpha value is -0.260. The van der Waals surface area contributed by atoms with Gasteiger partial charge < -0.3 is 0 Å². The maximum atomic E-state index is 2.64. The molecule has 0 aliphatic heterocycles. The molecule has 0 N–H and O–H groups in total. The van der Waals surface area contributed by atoms with Gasteiger partial charge in [-0.3, -0.25) is 0 Å². The fraction of sp³-hybridized carbons (Fsp3) is 0.926. The first kappa shape index (κ1) is 17.6. The lowest BCUT2D eigenvalue weighted by Crippen LogP contribution is -2.44. The van der Waals surface area contributed by atoms with Crippen molar-refractivity contribution in [2.45, 2.75) is 80.1 Å². The smallest absolute Gasteiger partial charge is 0.00115 e. The first-order valence-corrected chi connectivity index (χ1v) is 12.6. The van der Waals surface area contributed by atoms with Crippen molar-refractivity contribution in [3.8, 4) is 0 Å². The molecule has 0 aromatic rings. The van der Waals surface area contributed by atoms with Gasteiger partial charge in [0.1, 0.15) is 0 Å². The van der Waals surface area contributed by atoms with Gasteiger partial charge in [-0.25, -0.2) is 0 Å². The van der Waals surface area contributed by atoms with Crippen molar-refractivity contribution >= 4 is 0 Å². The van der Waals surface area contributed by atoms with Gasteiger partial charge in [-0.1, -0.05) is 59.1 Å². The third kappa shape index (κ3) is 2.02. The van der Waals surface area contributed by atoms with Gasteiger partial charge in [0.15, 0.2) is 0 Å². The van der Waals surface area contributed by atoms with Gasteiger partial charge in [0.2, 0.25) is 0 Å². The predicted molar refractivity (Wildman–Crippen MR) is 113 cm³/mol. The van der Waals surface area contributed by atoms with E-state index >= 15 is 0 Å². The lowest BCUT2D eigenvalue weighted by Gasteiger charge is -2.50. The first-order chi connectivity index (χ1) is 12.9. The van der Waals surface area contributed by atoms with Crippen LogP contribution in [0.2, 0.25) is 0 Å². The van der Waals surface area contributed by atoms with Crippen LogP contribution in [-0.2, 0) is 0 Å². The monoisotopic (exact) mass is 366 g/mol. The van der Waals surface area contributed by atoms with Gasteiger partial charge in [0.25, 0.3) is 0 Å². The lowest BCUT2D eigenvalue weighted by molar-refractivity contribution is -0.0154. The quantitative estimate of drug-likeness (QED) is 0.430. The summed E-state index contributed by atoms with van der Waals surface area (Å²) in [4.78, 5) is 0. The molecule has 12 atom stereocenters. The summed E-state index contributed by atoms with van der Waals surface area (Å²) in [6.45, 7) is 15.5. The molecule has 7 aliphatic rings. The molecule has 0 heterocycles. The van der Waals surface area contributed by atoms with Crippen molar-refractivity contribution < 1.29 is 0 Å². The Labute approximate surface area is 168 Å². The molecule has 4 bridgehead atoms.